The Morgan fingerprint density at radius 2 is 1.72 bits per heavy atom. The number of carbonyl (C=O) groups is 2. The van der Waals surface area contributed by atoms with Crippen LogP contribution in [0.25, 0.3) is 10.4 Å². The number of hydrogen-bond donors (Lipinski definition) is 3. The summed E-state index contributed by atoms with van der Waals surface area (Å²) in [5.74, 6) is 0.214. The van der Waals surface area contributed by atoms with E-state index in [4.69, 9.17) is 9.47 Å². The molecule has 2 amide bonds. The SMILES string of the molecule is CC(C)OC(=O)N[C@H]1CC[C@H](c2ncc(-c3ccc(NC(=O)OCc4ccccc4)cc3S(=O)(=O)NC(C)(C)C)s2)CC1. The van der Waals surface area contributed by atoms with Crippen LogP contribution in [0.1, 0.15) is 76.8 Å². The minimum atomic E-state index is -3.97. The largest absolute Gasteiger partial charge is 0.447 e. The zero-order chi connectivity index (χ0) is 31.2. The van der Waals surface area contributed by atoms with Crippen molar-refractivity contribution < 1.29 is 27.5 Å². The minimum absolute atomic E-state index is 0.0371. The predicted molar refractivity (Wildman–Crippen MR) is 168 cm³/mol. The topological polar surface area (TPSA) is 136 Å². The number of nitrogens with zero attached hydrogens (tertiary/aromatic N) is 1. The summed E-state index contributed by atoms with van der Waals surface area (Å²) in [6, 6.07) is 14.1. The molecule has 0 saturated heterocycles. The molecule has 0 atom stereocenters. The molecule has 1 saturated carbocycles. The number of hydrogen-bond acceptors (Lipinski definition) is 8. The van der Waals surface area contributed by atoms with E-state index in [-0.39, 0.29) is 29.6 Å². The molecule has 0 spiro atoms. The lowest BCUT2D eigenvalue weighted by molar-refractivity contribution is 0.109. The van der Waals surface area contributed by atoms with Crippen LogP contribution in [-0.2, 0) is 26.1 Å². The van der Waals surface area contributed by atoms with Crippen LogP contribution < -0.4 is 15.4 Å². The highest BCUT2D eigenvalue weighted by molar-refractivity contribution is 7.89. The zero-order valence-electron chi connectivity index (χ0n) is 25.2. The highest BCUT2D eigenvalue weighted by Crippen LogP contribution is 2.40. The number of aromatic nitrogens is 1. The molecule has 0 aliphatic heterocycles. The van der Waals surface area contributed by atoms with Gasteiger partial charge in [0.2, 0.25) is 10.0 Å². The first kappa shape index (κ1) is 32.4. The van der Waals surface area contributed by atoms with Gasteiger partial charge in [-0.3, -0.25) is 5.32 Å². The molecule has 4 rings (SSSR count). The van der Waals surface area contributed by atoms with Crippen molar-refractivity contribution >= 4 is 39.2 Å². The van der Waals surface area contributed by atoms with Crippen molar-refractivity contribution in [2.24, 2.45) is 0 Å². The molecule has 0 radical (unpaired) electrons. The Morgan fingerprint density at radius 1 is 1.02 bits per heavy atom. The predicted octanol–water partition coefficient (Wildman–Crippen LogP) is 6.80. The molecule has 1 aliphatic carbocycles. The van der Waals surface area contributed by atoms with E-state index in [2.05, 4.69) is 20.3 Å². The summed E-state index contributed by atoms with van der Waals surface area (Å²) in [5.41, 5.74) is 0.907. The molecule has 0 bridgehead atoms. The third kappa shape index (κ3) is 9.50. The average molecular weight is 629 g/mol. The van der Waals surface area contributed by atoms with Crippen LogP contribution in [0.4, 0.5) is 15.3 Å². The van der Waals surface area contributed by atoms with Gasteiger partial charge < -0.3 is 14.8 Å². The van der Waals surface area contributed by atoms with Crippen molar-refractivity contribution in [1.82, 2.24) is 15.0 Å². The first-order valence-electron chi connectivity index (χ1n) is 14.4. The first-order chi connectivity index (χ1) is 20.3. The van der Waals surface area contributed by atoms with E-state index in [0.29, 0.717) is 16.1 Å². The number of ether oxygens (including phenoxy) is 2. The summed E-state index contributed by atoms with van der Waals surface area (Å²) in [4.78, 5) is 29.9. The first-order valence-corrected chi connectivity index (χ1v) is 16.7. The lowest BCUT2D eigenvalue weighted by atomic mass is 9.86. The van der Waals surface area contributed by atoms with E-state index < -0.39 is 27.7 Å². The number of nitrogens with one attached hydrogen (secondary N) is 3. The van der Waals surface area contributed by atoms with E-state index in [9.17, 15) is 18.0 Å². The van der Waals surface area contributed by atoms with Crippen LogP contribution in [0, 0.1) is 0 Å². The highest BCUT2D eigenvalue weighted by Gasteiger charge is 2.29. The van der Waals surface area contributed by atoms with Crippen LogP contribution in [0.15, 0.2) is 59.6 Å². The lowest BCUT2D eigenvalue weighted by Gasteiger charge is -2.28. The Labute approximate surface area is 257 Å². The molecule has 1 heterocycles. The smallest absolute Gasteiger partial charge is 0.411 e. The maximum Gasteiger partial charge on any atom is 0.411 e. The van der Waals surface area contributed by atoms with Gasteiger partial charge in [-0.2, -0.15) is 0 Å². The normalized spacial score (nSPS) is 17.3. The van der Waals surface area contributed by atoms with E-state index in [1.807, 2.05) is 44.2 Å². The molecule has 12 heteroatoms. The van der Waals surface area contributed by atoms with Gasteiger partial charge in [0.15, 0.2) is 0 Å². The molecule has 0 unspecified atom stereocenters. The quantitative estimate of drug-likeness (QED) is 0.237. The van der Waals surface area contributed by atoms with Crippen LogP contribution in [0.5, 0.6) is 0 Å². The third-order valence-electron chi connectivity index (χ3n) is 6.70. The number of anilines is 1. The number of alkyl carbamates (subject to hydrolysis) is 1. The average Bonchev–Trinajstić information content (AvgIpc) is 3.41. The van der Waals surface area contributed by atoms with Gasteiger partial charge in [0.1, 0.15) is 6.61 Å². The molecule has 43 heavy (non-hydrogen) atoms. The second-order valence-corrected chi connectivity index (χ2v) is 14.7. The van der Waals surface area contributed by atoms with Gasteiger partial charge >= 0.3 is 12.2 Å². The summed E-state index contributed by atoms with van der Waals surface area (Å²) in [7, 11) is -3.97. The Hall–Kier alpha value is -3.48. The van der Waals surface area contributed by atoms with Gasteiger partial charge in [-0.15, -0.1) is 11.3 Å². The van der Waals surface area contributed by atoms with Crippen molar-refractivity contribution in [2.75, 3.05) is 5.32 Å². The molecule has 232 valence electrons. The van der Waals surface area contributed by atoms with Crippen molar-refractivity contribution in [2.45, 2.75) is 95.4 Å². The Kier molecular flexibility index (Phi) is 10.5. The van der Waals surface area contributed by atoms with Gasteiger partial charge in [0, 0.05) is 34.9 Å². The fourth-order valence-corrected chi connectivity index (χ4v) is 7.72. The summed E-state index contributed by atoms with van der Waals surface area (Å²) in [6.45, 7) is 9.03. The van der Waals surface area contributed by atoms with Gasteiger partial charge in [0.25, 0.3) is 0 Å². The van der Waals surface area contributed by atoms with Crippen LogP contribution >= 0.6 is 11.3 Å². The molecule has 1 aliphatic rings. The second-order valence-electron chi connectivity index (χ2n) is 12.0. The second kappa shape index (κ2) is 13.9. The fourth-order valence-electron chi connectivity index (χ4n) is 4.86. The van der Waals surface area contributed by atoms with E-state index in [0.717, 1.165) is 36.3 Å². The number of carbonyl (C=O) groups excluding carboxylic acids is 2. The Morgan fingerprint density at radius 3 is 2.37 bits per heavy atom. The molecule has 3 N–H and O–H groups in total. The van der Waals surface area contributed by atoms with E-state index in [1.165, 1.54) is 17.4 Å². The number of sulfonamides is 1. The molecule has 1 fully saturated rings. The number of benzene rings is 2. The van der Waals surface area contributed by atoms with Crippen molar-refractivity contribution in [3.05, 3.63) is 65.3 Å². The van der Waals surface area contributed by atoms with E-state index in [1.54, 1.807) is 39.1 Å². The molecular formula is C31H40N4O6S2. The van der Waals surface area contributed by atoms with Crippen molar-refractivity contribution in [3.63, 3.8) is 0 Å². The maximum atomic E-state index is 13.6. The zero-order valence-corrected chi connectivity index (χ0v) is 26.8. The summed E-state index contributed by atoms with van der Waals surface area (Å²) in [6.07, 6.45) is 3.77. The van der Waals surface area contributed by atoms with Gasteiger partial charge in [0.05, 0.1) is 20.9 Å². The van der Waals surface area contributed by atoms with Gasteiger partial charge in [-0.05, 0) is 78.0 Å². The Balaban J connectivity index is 1.50. The standard InChI is InChI=1S/C31H40N4O6S2/c1-20(2)41-30(37)33-23-13-11-22(12-14-23)28-32-18-26(42-28)25-16-15-24(17-27(25)43(38,39)35-31(3,4)5)34-29(36)40-19-21-9-7-6-8-10-21/h6-10,15-18,20,22-23,35H,11-14,19H2,1-5H3,(H,33,37)(H,34,36)/t22-,23-. The summed E-state index contributed by atoms with van der Waals surface area (Å²) < 4.78 is 40.4. The number of thiazole rings is 1. The van der Waals surface area contributed by atoms with Crippen LogP contribution in [0.2, 0.25) is 0 Å². The van der Waals surface area contributed by atoms with Crippen LogP contribution in [-0.4, -0.2) is 43.3 Å². The summed E-state index contributed by atoms with van der Waals surface area (Å²) in [5, 5.41) is 6.51. The number of amides is 2. The maximum absolute atomic E-state index is 13.6. The van der Waals surface area contributed by atoms with Gasteiger partial charge in [-0.1, -0.05) is 36.4 Å². The van der Waals surface area contributed by atoms with Crippen molar-refractivity contribution in [1.29, 1.82) is 0 Å². The monoisotopic (exact) mass is 628 g/mol. The molecule has 10 nitrogen and oxygen atoms in total. The summed E-state index contributed by atoms with van der Waals surface area (Å²) >= 11 is 1.46. The molecular weight excluding hydrogens is 588 g/mol. The van der Waals surface area contributed by atoms with Gasteiger partial charge in [-0.25, -0.2) is 27.7 Å². The van der Waals surface area contributed by atoms with Crippen LogP contribution in [0.3, 0.4) is 0 Å². The highest BCUT2D eigenvalue weighted by atomic mass is 32.2. The number of rotatable bonds is 9. The molecule has 2 aromatic carbocycles. The lowest BCUT2D eigenvalue weighted by Crippen LogP contribution is -2.40. The van der Waals surface area contributed by atoms with E-state index >= 15 is 0 Å². The fraction of sp³-hybridized carbons (Fsp3) is 0.452. The molecule has 3 aromatic rings. The minimum Gasteiger partial charge on any atom is -0.447 e. The molecule has 1 aromatic heterocycles. The third-order valence-corrected chi connectivity index (χ3v) is 9.69. The Bertz CT molecular complexity index is 1510. The van der Waals surface area contributed by atoms with Crippen molar-refractivity contribution in [3.8, 4) is 10.4 Å².